The van der Waals surface area contributed by atoms with Gasteiger partial charge in [0.1, 0.15) is 0 Å². The summed E-state index contributed by atoms with van der Waals surface area (Å²) >= 11 is 0. The quantitative estimate of drug-likeness (QED) is 0.363. The number of esters is 1. The first-order chi connectivity index (χ1) is 5.81. The van der Waals surface area contributed by atoms with Gasteiger partial charge in [-0.05, 0) is 6.42 Å². The van der Waals surface area contributed by atoms with Crippen LogP contribution >= 0.6 is 0 Å². The van der Waals surface area contributed by atoms with E-state index in [-0.39, 0.29) is 5.97 Å². The average molecular weight is 166 g/mol. The Morgan fingerprint density at radius 3 is 2.83 bits per heavy atom. The molecule has 0 atom stereocenters. The molecule has 2 nitrogen and oxygen atoms in total. The number of unbranched alkanes of at least 4 members (excludes halogenated alkanes) is 1. The summed E-state index contributed by atoms with van der Waals surface area (Å²) in [5, 5.41) is 0. The van der Waals surface area contributed by atoms with E-state index in [2.05, 4.69) is 23.5 Å². The largest absolute Gasteiger partial charge is 0.466 e. The molecule has 0 saturated heterocycles. The van der Waals surface area contributed by atoms with Crippen molar-refractivity contribution in [2.24, 2.45) is 0 Å². The Hall–Kier alpha value is -1.23. The summed E-state index contributed by atoms with van der Waals surface area (Å²) < 4.78 is 4.40. The minimum atomic E-state index is -0.327. The first-order valence-corrected chi connectivity index (χ1v) is 4.01. The van der Waals surface area contributed by atoms with Crippen molar-refractivity contribution in [2.45, 2.75) is 26.2 Å². The SMILES string of the molecule is CCCC#CC/C=C/C(=O)OC. The monoisotopic (exact) mass is 166 g/mol. The molecular formula is C10H14O2. The zero-order valence-corrected chi connectivity index (χ0v) is 7.59. The molecule has 0 radical (unpaired) electrons. The number of methoxy groups -OCH3 is 1. The second-order valence-corrected chi connectivity index (χ2v) is 2.23. The van der Waals surface area contributed by atoms with Gasteiger partial charge in [0, 0.05) is 18.9 Å². The van der Waals surface area contributed by atoms with Gasteiger partial charge >= 0.3 is 5.97 Å². The van der Waals surface area contributed by atoms with Crippen molar-refractivity contribution in [1.82, 2.24) is 0 Å². The zero-order chi connectivity index (χ0) is 9.23. The molecule has 0 amide bonds. The highest BCUT2D eigenvalue weighted by molar-refractivity contribution is 5.81. The van der Waals surface area contributed by atoms with Gasteiger partial charge in [0.25, 0.3) is 0 Å². The van der Waals surface area contributed by atoms with Crippen molar-refractivity contribution in [1.29, 1.82) is 0 Å². The molecular weight excluding hydrogens is 152 g/mol. The third-order valence-corrected chi connectivity index (χ3v) is 1.18. The highest BCUT2D eigenvalue weighted by atomic mass is 16.5. The van der Waals surface area contributed by atoms with E-state index in [1.807, 2.05) is 0 Å². The van der Waals surface area contributed by atoms with Crippen LogP contribution in [0, 0.1) is 11.8 Å². The number of hydrogen-bond acceptors (Lipinski definition) is 2. The van der Waals surface area contributed by atoms with Crippen LogP contribution in [0.2, 0.25) is 0 Å². The fourth-order valence-corrected chi connectivity index (χ4v) is 0.568. The fraction of sp³-hybridized carbons (Fsp3) is 0.500. The molecule has 2 heteroatoms. The van der Waals surface area contributed by atoms with E-state index in [0.717, 1.165) is 12.8 Å². The molecule has 0 aromatic rings. The van der Waals surface area contributed by atoms with E-state index in [9.17, 15) is 4.79 Å². The lowest BCUT2D eigenvalue weighted by molar-refractivity contribution is -0.134. The Balaban J connectivity index is 3.50. The summed E-state index contributed by atoms with van der Waals surface area (Å²) in [6.07, 6.45) is 5.71. The third kappa shape index (κ3) is 6.88. The second kappa shape index (κ2) is 7.87. The molecule has 0 bridgehead atoms. The second-order valence-electron chi connectivity index (χ2n) is 2.23. The van der Waals surface area contributed by atoms with Crippen LogP contribution in [0.5, 0.6) is 0 Å². The van der Waals surface area contributed by atoms with E-state index in [1.54, 1.807) is 6.08 Å². The van der Waals surface area contributed by atoms with E-state index in [4.69, 9.17) is 0 Å². The lowest BCUT2D eigenvalue weighted by Gasteiger charge is -1.86. The summed E-state index contributed by atoms with van der Waals surface area (Å²) in [7, 11) is 1.36. The predicted molar refractivity (Wildman–Crippen MR) is 48.5 cm³/mol. The summed E-state index contributed by atoms with van der Waals surface area (Å²) in [5.41, 5.74) is 0. The van der Waals surface area contributed by atoms with Gasteiger partial charge in [0.05, 0.1) is 7.11 Å². The molecule has 0 aliphatic carbocycles. The predicted octanol–water partition coefficient (Wildman–Crippen LogP) is 1.91. The van der Waals surface area contributed by atoms with Crippen molar-refractivity contribution in [2.75, 3.05) is 7.11 Å². The number of ether oxygens (including phenoxy) is 1. The molecule has 0 aliphatic heterocycles. The first-order valence-electron chi connectivity index (χ1n) is 4.01. The number of allylic oxidation sites excluding steroid dienone is 1. The van der Waals surface area contributed by atoms with Crippen molar-refractivity contribution in [3.8, 4) is 11.8 Å². The minimum Gasteiger partial charge on any atom is -0.466 e. The summed E-state index contributed by atoms with van der Waals surface area (Å²) in [6, 6.07) is 0. The molecule has 66 valence electrons. The van der Waals surface area contributed by atoms with Crippen LogP contribution in [0.25, 0.3) is 0 Å². The van der Waals surface area contributed by atoms with Crippen LogP contribution in [0.3, 0.4) is 0 Å². The molecule has 0 aromatic carbocycles. The van der Waals surface area contributed by atoms with Crippen molar-refractivity contribution in [3.63, 3.8) is 0 Å². The van der Waals surface area contributed by atoms with Crippen molar-refractivity contribution < 1.29 is 9.53 Å². The maximum absolute atomic E-state index is 10.5. The standard InChI is InChI=1S/C10H14O2/c1-3-4-5-6-7-8-9-10(11)12-2/h8-9H,3-4,7H2,1-2H3/b9-8+. The molecule has 0 aliphatic rings. The molecule has 0 saturated carbocycles. The van der Waals surface area contributed by atoms with Crippen molar-refractivity contribution in [3.05, 3.63) is 12.2 Å². The van der Waals surface area contributed by atoms with Gasteiger partial charge in [-0.25, -0.2) is 4.79 Å². The third-order valence-electron chi connectivity index (χ3n) is 1.18. The summed E-state index contributed by atoms with van der Waals surface area (Å²) in [6.45, 7) is 2.08. The molecule has 0 unspecified atom stereocenters. The lowest BCUT2D eigenvalue weighted by atomic mass is 10.3. The van der Waals surface area contributed by atoms with Crippen molar-refractivity contribution >= 4 is 5.97 Å². The maximum atomic E-state index is 10.5. The highest BCUT2D eigenvalue weighted by Gasteiger charge is 1.86. The Labute approximate surface area is 73.6 Å². The van der Waals surface area contributed by atoms with E-state index in [1.165, 1.54) is 13.2 Å². The first kappa shape index (κ1) is 10.8. The Kier molecular flexibility index (Phi) is 7.07. The fourth-order valence-electron chi connectivity index (χ4n) is 0.568. The Morgan fingerprint density at radius 2 is 2.25 bits per heavy atom. The van der Waals surface area contributed by atoms with E-state index < -0.39 is 0 Å². The van der Waals surface area contributed by atoms with Crippen LogP contribution in [0.1, 0.15) is 26.2 Å². The zero-order valence-electron chi connectivity index (χ0n) is 7.59. The summed E-state index contributed by atoms with van der Waals surface area (Å²) in [4.78, 5) is 10.5. The topological polar surface area (TPSA) is 26.3 Å². The molecule has 0 aromatic heterocycles. The van der Waals surface area contributed by atoms with E-state index in [0.29, 0.717) is 6.42 Å². The molecule has 0 spiro atoms. The Morgan fingerprint density at radius 1 is 1.50 bits per heavy atom. The van der Waals surface area contributed by atoms with Crippen LogP contribution in [0.15, 0.2) is 12.2 Å². The smallest absolute Gasteiger partial charge is 0.330 e. The van der Waals surface area contributed by atoms with Gasteiger partial charge in [-0.3, -0.25) is 0 Å². The van der Waals surface area contributed by atoms with Crippen LogP contribution in [-0.4, -0.2) is 13.1 Å². The van der Waals surface area contributed by atoms with Gasteiger partial charge in [-0.15, -0.1) is 5.92 Å². The van der Waals surface area contributed by atoms with Gasteiger partial charge in [-0.1, -0.05) is 18.9 Å². The lowest BCUT2D eigenvalue weighted by Crippen LogP contribution is -1.92. The minimum absolute atomic E-state index is 0.327. The summed E-state index contributed by atoms with van der Waals surface area (Å²) in [5.74, 6) is 5.57. The highest BCUT2D eigenvalue weighted by Crippen LogP contribution is 1.85. The number of hydrogen-bond donors (Lipinski definition) is 0. The Bertz CT molecular complexity index is 206. The number of carbonyl (C=O) groups excluding carboxylic acids is 1. The van der Waals surface area contributed by atoms with Gasteiger partial charge in [0.2, 0.25) is 0 Å². The normalized spacial score (nSPS) is 9.17. The van der Waals surface area contributed by atoms with Gasteiger partial charge in [-0.2, -0.15) is 0 Å². The van der Waals surface area contributed by atoms with Crippen LogP contribution in [0.4, 0.5) is 0 Å². The van der Waals surface area contributed by atoms with Gasteiger partial charge in [0.15, 0.2) is 0 Å². The molecule has 0 rings (SSSR count). The van der Waals surface area contributed by atoms with Crippen LogP contribution < -0.4 is 0 Å². The molecule has 0 fully saturated rings. The molecule has 0 heterocycles. The van der Waals surface area contributed by atoms with Crippen LogP contribution in [-0.2, 0) is 9.53 Å². The molecule has 0 N–H and O–H groups in total. The van der Waals surface area contributed by atoms with E-state index >= 15 is 0 Å². The van der Waals surface area contributed by atoms with Gasteiger partial charge < -0.3 is 4.74 Å². The molecule has 12 heavy (non-hydrogen) atoms. The maximum Gasteiger partial charge on any atom is 0.330 e. The number of carbonyl (C=O) groups is 1. The average Bonchev–Trinajstić information content (AvgIpc) is 2.10. The number of rotatable bonds is 3.